The van der Waals surface area contributed by atoms with Gasteiger partial charge in [-0.3, -0.25) is 15.6 Å². The lowest BCUT2D eigenvalue weighted by Crippen LogP contribution is -2.47. The van der Waals surface area contributed by atoms with Crippen LogP contribution in [0, 0.1) is 0 Å². The van der Waals surface area contributed by atoms with Crippen molar-refractivity contribution in [3.8, 4) is 0 Å². The Bertz CT molecular complexity index is 758. The van der Waals surface area contributed by atoms with E-state index in [1.165, 1.54) is 6.07 Å². The summed E-state index contributed by atoms with van der Waals surface area (Å²) >= 11 is 5.04. The number of carbonyl (C=O) groups is 1. The molecular formula is C16H19N3O3S. The highest BCUT2D eigenvalue weighted by atomic mass is 32.1. The van der Waals surface area contributed by atoms with Crippen LogP contribution in [0.15, 0.2) is 39.5 Å². The number of hydrazine groups is 1. The molecule has 0 aliphatic rings. The Balaban J connectivity index is 1.94. The number of carbonyl (C=O) groups excluding carboxylic acids is 1. The molecule has 3 N–H and O–H groups in total. The van der Waals surface area contributed by atoms with E-state index in [1.54, 1.807) is 24.3 Å². The van der Waals surface area contributed by atoms with E-state index in [9.17, 15) is 9.59 Å². The average Bonchev–Trinajstić information content (AvgIpc) is 2.56. The summed E-state index contributed by atoms with van der Waals surface area (Å²) in [6.07, 6.45) is 3.23. The van der Waals surface area contributed by atoms with Crippen molar-refractivity contribution in [1.82, 2.24) is 16.2 Å². The molecule has 7 heteroatoms. The highest BCUT2D eigenvalue weighted by molar-refractivity contribution is 7.80. The van der Waals surface area contributed by atoms with E-state index in [4.69, 9.17) is 16.6 Å². The number of rotatable bonds is 5. The molecule has 0 fully saturated rings. The normalized spacial score (nSPS) is 10.3. The summed E-state index contributed by atoms with van der Waals surface area (Å²) in [4.78, 5) is 23.9. The van der Waals surface area contributed by atoms with E-state index < -0.39 is 11.5 Å². The minimum absolute atomic E-state index is 0.0787. The summed E-state index contributed by atoms with van der Waals surface area (Å²) in [6.45, 7) is 2.85. The average molecular weight is 333 g/mol. The van der Waals surface area contributed by atoms with Gasteiger partial charge in [0.25, 0.3) is 5.91 Å². The Hall–Kier alpha value is -2.41. The molecule has 2 rings (SSSR count). The molecule has 0 spiro atoms. The van der Waals surface area contributed by atoms with Crippen LogP contribution in [0.1, 0.15) is 36.5 Å². The van der Waals surface area contributed by atoms with Crippen LogP contribution in [-0.4, -0.2) is 17.6 Å². The first-order chi connectivity index (χ1) is 11.1. The number of nitrogens with one attached hydrogen (secondary N) is 3. The van der Waals surface area contributed by atoms with Crippen molar-refractivity contribution < 1.29 is 9.21 Å². The predicted octanol–water partition coefficient (Wildman–Crippen LogP) is 2.09. The van der Waals surface area contributed by atoms with Crippen molar-refractivity contribution in [2.24, 2.45) is 0 Å². The zero-order chi connectivity index (χ0) is 16.7. The summed E-state index contributed by atoms with van der Waals surface area (Å²) in [6, 6.07) is 8.50. The molecule has 6 nitrogen and oxygen atoms in total. The first-order valence-corrected chi connectivity index (χ1v) is 7.89. The molecule has 23 heavy (non-hydrogen) atoms. The van der Waals surface area contributed by atoms with Gasteiger partial charge in [-0.15, -0.1) is 0 Å². The number of unbranched alkanes of at least 4 members (excludes halogenated alkanes) is 2. The van der Waals surface area contributed by atoms with Crippen molar-refractivity contribution in [1.29, 1.82) is 0 Å². The number of para-hydroxylation sites is 1. The Morgan fingerprint density at radius 1 is 1.22 bits per heavy atom. The van der Waals surface area contributed by atoms with Gasteiger partial charge in [0, 0.05) is 11.9 Å². The molecule has 0 unspecified atom stereocenters. The molecule has 0 bridgehead atoms. The fourth-order valence-electron chi connectivity index (χ4n) is 2.02. The Labute approximate surface area is 139 Å². The second-order valence-electron chi connectivity index (χ2n) is 5.03. The highest BCUT2D eigenvalue weighted by Gasteiger charge is 2.13. The van der Waals surface area contributed by atoms with Crippen LogP contribution < -0.4 is 21.8 Å². The van der Waals surface area contributed by atoms with Crippen LogP contribution in [-0.2, 0) is 0 Å². The predicted molar refractivity (Wildman–Crippen MR) is 93.2 cm³/mol. The fraction of sp³-hybridized carbons (Fsp3) is 0.312. The monoisotopic (exact) mass is 333 g/mol. The molecule has 122 valence electrons. The number of benzene rings is 1. The highest BCUT2D eigenvalue weighted by Crippen LogP contribution is 2.12. The number of hydrogen-bond acceptors (Lipinski definition) is 4. The summed E-state index contributed by atoms with van der Waals surface area (Å²) in [5, 5.41) is 3.96. The number of fused-ring (bicyclic) bond motifs is 1. The van der Waals surface area contributed by atoms with E-state index in [0.29, 0.717) is 16.1 Å². The molecular weight excluding hydrogens is 314 g/mol. The van der Waals surface area contributed by atoms with Crippen LogP contribution in [0.5, 0.6) is 0 Å². The number of thiocarbonyl (C=S) groups is 1. The van der Waals surface area contributed by atoms with Crippen molar-refractivity contribution in [2.45, 2.75) is 26.2 Å². The summed E-state index contributed by atoms with van der Waals surface area (Å²) in [5.74, 6) is -0.595. The Morgan fingerprint density at radius 2 is 2.00 bits per heavy atom. The second kappa shape index (κ2) is 8.28. The van der Waals surface area contributed by atoms with Crippen molar-refractivity contribution in [3.63, 3.8) is 0 Å². The smallest absolute Gasteiger partial charge is 0.349 e. The quantitative estimate of drug-likeness (QED) is 0.336. The van der Waals surface area contributed by atoms with Gasteiger partial charge in [0.05, 0.1) is 0 Å². The molecule has 1 amide bonds. The SMILES string of the molecule is CCCCCNC(=S)NNC(=O)c1cc2ccccc2oc1=O. The van der Waals surface area contributed by atoms with Crippen LogP contribution in [0.3, 0.4) is 0 Å². The van der Waals surface area contributed by atoms with Crippen LogP contribution in [0.4, 0.5) is 0 Å². The van der Waals surface area contributed by atoms with Crippen molar-refractivity contribution in [3.05, 3.63) is 46.3 Å². The lowest BCUT2D eigenvalue weighted by molar-refractivity contribution is 0.0940. The molecule has 0 aliphatic carbocycles. The third-order valence-electron chi connectivity index (χ3n) is 3.24. The molecule has 0 radical (unpaired) electrons. The maximum absolute atomic E-state index is 12.1. The minimum Gasteiger partial charge on any atom is -0.422 e. The number of amides is 1. The van der Waals surface area contributed by atoms with E-state index in [0.717, 1.165) is 25.8 Å². The van der Waals surface area contributed by atoms with E-state index in [1.807, 2.05) is 0 Å². The molecule has 0 aliphatic heterocycles. The van der Waals surface area contributed by atoms with E-state index >= 15 is 0 Å². The van der Waals surface area contributed by atoms with Crippen LogP contribution in [0.25, 0.3) is 11.0 Å². The molecule has 2 aromatic rings. The third-order valence-corrected chi connectivity index (χ3v) is 3.49. The van der Waals surface area contributed by atoms with Crippen LogP contribution in [0.2, 0.25) is 0 Å². The van der Waals surface area contributed by atoms with E-state index in [-0.39, 0.29) is 5.56 Å². The maximum atomic E-state index is 12.1. The first kappa shape index (κ1) is 17.0. The first-order valence-electron chi connectivity index (χ1n) is 7.49. The van der Waals surface area contributed by atoms with Gasteiger partial charge < -0.3 is 9.73 Å². The van der Waals surface area contributed by atoms with Gasteiger partial charge in [0.1, 0.15) is 11.1 Å². The largest absolute Gasteiger partial charge is 0.422 e. The number of hydrogen-bond donors (Lipinski definition) is 3. The summed E-state index contributed by atoms with van der Waals surface area (Å²) < 4.78 is 5.12. The van der Waals surface area contributed by atoms with Gasteiger partial charge in [0.2, 0.25) is 0 Å². The van der Waals surface area contributed by atoms with Gasteiger partial charge >= 0.3 is 5.63 Å². The Kier molecular flexibility index (Phi) is 6.10. The van der Waals surface area contributed by atoms with Gasteiger partial charge in [0.15, 0.2) is 5.11 Å². The molecule has 0 saturated carbocycles. The van der Waals surface area contributed by atoms with Gasteiger partial charge in [-0.25, -0.2) is 4.79 Å². The van der Waals surface area contributed by atoms with Gasteiger partial charge in [-0.2, -0.15) is 0 Å². The van der Waals surface area contributed by atoms with Crippen molar-refractivity contribution in [2.75, 3.05) is 6.54 Å². The molecule has 1 aromatic heterocycles. The van der Waals surface area contributed by atoms with Gasteiger partial charge in [-0.1, -0.05) is 38.0 Å². The zero-order valence-corrected chi connectivity index (χ0v) is 13.7. The second-order valence-corrected chi connectivity index (χ2v) is 5.44. The lowest BCUT2D eigenvalue weighted by atomic mass is 10.2. The minimum atomic E-state index is -0.690. The molecule has 0 atom stereocenters. The summed E-state index contributed by atoms with van der Waals surface area (Å²) in [5.41, 5.74) is 4.64. The maximum Gasteiger partial charge on any atom is 0.349 e. The zero-order valence-electron chi connectivity index (χ0n) is 12.8. The van der Waals surface area contributed by atoms with Crippen LogP contribution >= 0.6 is 12.2 Å². The molecule has 1 heterocycles. The molecule has 1 aromatic carbocycles. The Morgan fingerprint density at radius 3 is 2.78 bits per heavy atom. The van der Waals surface area contributed by atoms with Crippen molar-refractivity contribution >= 4 is 34.2 Å². The fourth-order valence-corrected chi connectivity index (χ4v) is 2.18. The molecule has 0 saturated heterocycles. The standard InChI is InChI=1S/C16H19N3O3S/c1-2-3-6-9-17-16(23)19-18-14(20)12-10-11-7-4-5-8-13(11)22-15(12)21/h4-5,7-8,10H,2-3,6,9H2,1H3,(H,18,20)(H2,17,19,23). The van der Waals surface area contributed by atoms with E-state index in [2.05, 4.69) is 23.1 Å². The van der Waals surface area contributed by atoms with Gasteiger partial charge in [-0.05, 0) is 30.8 Å². The summed E-state index contributed by atoms with van der Waals surface area (Å²) in [7, 11) is 0. The lowest BCUT2D eigenvalue weighted by Gasteiger charge is -2.11. The third kappa shape index (κ3) is 4.79. The topological polar surface area (TPSA) is 83.4 Å².